The molecule has 0 saturated carbocycles. The summed E-state index contributed by atoms with van der Waals surface area (Å²) in [5.41, 5.74) is 2.55. The first-order valence-corrected chi connectivity index (χ1v) is 13.0. The lowest BCUT2D eigenvalue weighted by Gasteiger charge is -2.39. The summed E-state index contributed by atoms with van der Waals surface area (Å²) in [7, 11) is 0. The zero-order valence-electron chi connectivity index (χ0n) is 20.7. The van der Waals surface area contributed by atoms with Crippen LogP contribution in [-0.4, -0.2) is 39.6 Å². The van der Waals surface area contributed by atoms with Gasteiger partial charge in [-0.05, 0) is 76.5 Å². The molecule has 0 bridgehead atoms. The van der Waals surface area contributed by atoms with Crippen molar-refractivity contribution in [3.05, 3.63) is 63.5 Å². The van der Waals surface area contributed by atoms with Gasteiger partial charge < -0.3 is 14.6 Å². The van der Waals surface area contributed by atoms with E-state index in [1.165, 1.54) is 0 Å². The Morgan fingerprint density at radius 3 is 2.69 bits per heavy atom. The van der Waals surface area contributed by atoms with Crippen molar-refractivity contribution in [2.75, 3.05) is 13.1 Å². The summed E-state index contributed by atoms with van der Waals surface area (Å²) in [4.78, 5) is 19.9. The van der Waals surface area contributed by atoms with Gasteiger partial charge in [-0.25, -0.2) is 0 Å². The first-order valence-electron chi connectivity index (χ1n) is 12.3. The van der Waals surface area contributed by atoms with E-state index in [1.54, 1.807) is 18.2 Å². The fourth-order valence-electron chi connectivity index (χ4n) is 5.02. The first-order chi connectivity index (χ1) is 17.2. The fourth-order valence-corrected chi connectivity index (χ4v) is 5.51. The number of nitrogens with zero attached hydrogens (tertiary/aromatic N) is 3. The van der Waals surface area contributed by atoms with Gasteiger partial charge in [-0.1, -0.05) is 40.5 Å². The molecule has 2 aliphatic rings. The number of likely N-dealkylation sites (tertiary alicyclic amines) is 1. The van der Waals surface area contributed by atoms with E-state index in [1.807, 2.05) is 0 Å². The molecule has 1 fully saturated rings. The van der Waals surface area contributed by atoms with Crippen LogP contribution >= 0.6 is 23.2 Å². The van der Waals surface area contributed by atoms with Crippen molar-refractivity contribution in [1.82, 2.24) is 20.4 Å². The molecule has 1 unspecified atom stereocenters. The predicted molar refractivity (Wildman–Crippen MR) is 139 cm³/mol. The third kappa shape index (κ3) is 5.53. The average Bonchev–Trinajstić information content (AvgIpc) is 3.26. The van der Waals surface area contributed by atoms with Crippen molar-refractivity contribution < 1.29 is 14.1 Å². The molecule has 1 saturated heterocycles. The van der Waals surface area contributed by atoms with Crippen molar-refractivity contribution in [3.63, 3.8) is 0 Å². The lowest BCUT2D eigenvalue weighted by atomic mass is 9.88. The predicted octanol–water partition coefficient (Wildman–Crippen LogP) is 5.98. The van der Waals surface area contributed by atoms with Crippen LogP contribution in [0.5, 0.6) is 5.75 Å². The fraction of sp³-hybridized carbons (Fsp3) is 0.444. The Balaban J connectivity index is 1.17. The third-order valence-electron chi connectivity index (χ3n) is 6.90. The minimum atomic E-state index is -0.332. The second kappa shape index (κ2) is 10.0. The van der Waals surface area contributed by atoms with Gasteiger partial charge in [0.2, 0.25) is 17.6 Å². The molecule has 3 aromatic rings. The molecule has 1 N–H and O–H groups in total. The number of benzene rings is 2. The van der Waals surface area contributed by atoms with Gasteiger partial charge in [0, 0.05) is 28.5 Å². The molecule has 190 valence electrons. The van der Waals surface area contributed by atoms with Crippen molar-refractivity contribution in [1.29, 1.82) is 0 Å². The highest BCUT2D eigenvalue weighted by molar-refractivity contribution is 6.36. The van der Waals surface area contributed by atoms with Crippen LogP contribution in [0.4, 0.5) is 0 Å². The van der Waals surface area contributed by atoms with Crippen molar-refractivity contribution in [3.8, 4) is 17.1 Å². The van der Waals surface area contributed by atoms with Crippen LogP contribution < -0.4 is 10.1 Å². The molecule has 2 aromatic carbocycles. The van der Waals surface area contributed by atoms with E-state index in [9.17, 15) is 4.79 Å². The zero-order chi connectivity index (χ0) is 25.4. The van der Waals surface area contributed by atoms with Gasteiger partial charge in [0.25, 0.3) is 0 Å². The Morgan fingerprint density at radius 1 is 1.17 bits per heavy atom. The Morgan fingerprint density at radius 2 is 1.94 bits per heavy atom. The zero-order valence-corrected chi connectivity index (χ0v) is 22.2. The minimum absolute atomic E-state index is 0.0211. The molecule has 1 amide bonds. The van der Waals surface area contributed by atoms with Gasteiger partial charge >= 0.3 is 0 Å². The maximum absolute atomic E-state index is 13.2. The van der Waals surface area contributed by atoms with E-state index >= 15 is 0 Å². The van der Waals surface area contributed by atoms with E-state index in [-0.39, 0.29) is 23.5 Å². The van der Waals surface area contributed by atoms with Crippen LogP contribution in [-0.2, 0) is 11.3 Å². The van der Waals surface area contributed by atoms with E-state index in [2.05, 4.69) is 59.3 Å². The largest absolute Gasteiger partial charge is 0.487 e. The maximum Gasteiger partial charge on any atom is 0.241 e. The molecule has 1 atom stereocenters. The molecule has 5 rings (SSSR count). The summed E-state index contributed by atoms with van der Waals surface area (Å²) in [6, 6.07) is 11.3. The second-order valence-electron chi connectivity index (χ2n) is 10.4. The Hall–Kier alpha value is -2.61. The van der Waals surface area contributed by atoms with Crippen molar-refractivity contribution in [2.45, 2.75) is 58.2 Å². The Labute approximate surface area is 221 Å². The quantitative estimate of drug-likeness (QED) is 0.438. The minimum Gasteiger partial charge on any atom is -0.487 e. The summed E-state index contributed by atoms with van der Waals surface area (Å²) < 4.78 is 11.6. The summed E-state index contributed by atoms with van der Waals surface area (Å²) in [6.45, 7) is 8.29. The van der Waals surface area contributed by atoms with Crippen molar-refractivity contribution >= 4 is 29.1 Å². The van der Waals surface area contributed by atoms with E-state index in [0.29, 0.717) is 33.9 Å². The van der Waals surface area contributed by atoms with Crippen LogP contribution in [0.25, 0.3) is 11.4 Å². The molecule has 0 radical (unpaired) electrons. The number of carbonyl (C=O) groups is 1. The molecular formula is C27H30Cl2N4O3. The molecular weight excluding hydrogens is 499 g/mol. The average molecular weight is 529 g/mol. The number of rotatable bonds is 5. The van der Waals surface area contributed by atoms with Gasteiger partial charge in [-0.15, -0.1) is 0 Å². The monoisotopic (exact) mass is 528 g/mol. The van der Waals surface area contributed by atoms with Crippen LogP contribution in [0.15, 0.2) is 40.9 Å². The highest BCUT2D eigenvalue weighted by Crippen LogP contribution is 2.40. The SMILES string of the molecule is Cc1ccc2c(c1)OC(C)(C)CC2NC(=O)C1CCN(Cc2nc(-c3ccc(Cl)cc3Cl)no2)CC1. The van der Waals surface area contributed by atoms with Crippen LogP contribution in [0, 0.1) is 12.8 Å². The number of nitrogens with one attached hydrogen (secondary N) is 1. The van der Waals surface area contributed by atoms with Crippen LogP contribution in [0.1, 0.15) is 56.2 Å². The van der Waals surface area contributed by atoms with E-state index < -0.39 is 0 Å². The van der Waals surface area contributed by atoms with E-state index in [4.69, 9.17) is 32.5 Å². The number of piperidine rings is 1. The third-order valence-corrected chi connectivity index (χ3v) is 7.45. The number of aryl methyl sites for hydroxylation is 1. The van der Waals surface area contributed by atoms with E-state index in [0.717, 1.165) is 49.2 Å². The molecule has 0 spiro atoms. The number of carbonyl (C=O) groups excluding carboxylic acids is 1. The Kier molecular flexibility index (Phi) is 6.99. The highest BCUT2D eigenvalue weighted by Gasteiger charge is 2.36. The summed E-state index contributed by atoms with van der Waals surface area (Å²) in [5, 5.41) is 8.42. The standard InChI is InChI=1S/C27H30Cl2N4O3/c1-16-4-6-20-22(14-27(2,3)35-23(20)12-16)30-26(34)17-8-10-33(11-9-17)15-24-31-25(32-36-24)19-7-5-18(28)13-21(19)29/h4-7,12-13,17,22H,8-11,14-15H2,1-3H3,(H,30,34). The van der Waals surface area contributed by atoms with Gasteiger partial charge in [0.05, 0.1) is 17.6 Å². The number of amides is 1. The summed E-state index contributed by atoms with van der Waals surface area (Å²) in [5.74, 6) is 1.92. The molecule has 0 aliphatic carbocycles. The van der Waals surface area contributed by atoms with Crippen LogP contribution in [0.2, 0.25) is 10.0 Å². The number of hydrogen-bond acceptors (Lipinski definition) is 6. The summed E-state index contributed by atoms with van der Waals surface area (Å²) >= 11 is 12.2. The molecule has 1 aromatic heterocycles. The molecule has 2 aliphatic heterocycles. The van der Waals surface area contributed by atoms with Gasteiger partial charge in [0.1, 0.15) is 11.4 Å². The summed E-state index contributed by atoms with van der Waals surface area (Å²) in [6.07, 6.45) is 2.30. The lowest BCUT2D eigenvalue weighted by Crippen LogP contribution is -2.45. The molecule has 3 heterocycles. The molecule has 7 nitrogen and oxygen atoms in total. The molecule has 36 heavy (non-hydrogen) atoms. The molecule has 9 heteroatoms. The maximum atomic E-state index is 13.2. The number of aromatic nitrogens is 2. The smallest absolute Gasteiger partial charge is 0.241 e. The van der Waals surface area contributed by atoms with Crippen molar-refractivity contribution in [2.24, 2.45) is 5.92 Å². The van der Waals surface area contributed by atoms with Gasteiger partial charge in [-0.3, -0.25) is 9.69 Å². The highest BCUT2D eigenvalue weighted by atomic mass is 35.5. The van der Waals surface area contributed by atoms with Gasteiger partial charge in [-0.2, -0.15) is 4.98 Å². The first kappa shape index (κ1) is 25.1. The second-order valence-corrected chi connectivity index (χ2v) is 11.2. The Bertz CT molecular complexity index is 1270. The number of hydrogen-bond donors (Lipinski definition) is 1. The number of ether oxygens (including phenoxy) is 1. The topological polar surface area (TPSA) is 80.5 Å². The number of fused-ring (bicyclic) bond motifs is 1. The number of halogens is 2. The lowest BCUT2D eigenvalue weighted by molar-refractivity contribution is -0.127. The normalized spacial score (nSPS) is 20.0. The van der Waals surface area contributed by atoms with Crippen LogP contribution in [0.3, 0.4) is 0 Å². The van der Waals surface area contributed by atoms with Gasteiger partial charge in [0.15, 0.2) is 0 Å².